The standard InChI is InChI=1S/C12H15N6S3Si/c1-13-4-7-16(10(13)19)22(17-8-5-14(2)11(17)20)18-9-6-15(3)12(18)21/h4-9H,1-3H3. The zero-order valence-corrected chi connectivity index (χ0v) is 15.8. The maximum Gasteiger partial charge on any atom is 0.454 e. The summed E-state index contributed by atoms with van der Waals surface area (Å²) in [6.07, 6.45) is 11.8. The molecule has 3 aromatic heterocycles. The van der Waals surface area contributed by atoms with Crippen LogP contribution in [0.2, 0.25) is 0 Å². The molecule has 0 N–H and O–H groups in total. The number of rotatable bonds is 3. The summed E-state index contributed by atoms with van der Waals surface area (Å²) in [5, 5.41) is 0. The summed E-state index contributed by atoms with van der Waals surface area (Å²) in [6.45, 7) is 0. The lowest BCUT2D eigenvalue weighted by Crippen LogP contribution is -2.41. The molecule has 6 nitrogen and oxygen atoms in total. The number of nitrogens with zero attached hydrogens (tertiary/aromatic N) is 6. The lowest BCUT2D eigenvalue weighted by atomic mass is 10.9. The highest BCUT2D eigenvalue weighted by Crippen LogP contribution is 2.08. The fraction of sp³-hybridized carbons (Fsp3) is 0.250. The van der Waals surface area contributed by atoms with Crippen LogP contribution >= 0.6 is 36.7 Å². The Morgan fingerprint density at radius 2 is 0.864 bits per heavy atom. The van der Waals surface area contributed by atoms with E-state index in [0.717, 1.165) is 14.3 Å². The van der Waals surface area contributed by atoms with Gasteiger partial charge in [-0.3, -0.25) is 0 Å². The first-order valence-electron chi connectivity index (χ1n) is 6.52. The van der Waals surface area contributed by atoms with Crippen molar-refractivity contribution in [2.45, 2.75) is 0 Å². The van der Waals surface area contributed by atoms with Crippen LogP contribution in [-0.2, 0) is 21.1 Å². The van der Waals surface area contributed by atoms with Crippen LogP contribution in [0.25, 0.3) is 0 Å². The van der Waals surface area contributed by atoms with E-state index in [1.807, 2.05) is 72.0 Å². The minimum Gasteiger partial charge on any atom is -0.327 e. The van der Waals surface area contributed by atoms with Gasteiger partial charge in [-0.2, -0.15) is 0 Å². The largest absolute Gasteiger partial charge is 0.454 e. The first kappa shape index (κ1) is 15.4. The molecule has 22 heavy (non-hydrogen) atoms. The van der Waals surface area contributed by atoms with E-state index in [-0.39, 0.29) is 0 Å². The lowest BCUT2D eigenvalue weighted by molar-refractivity contribution is 0.819. The van der Waals surface area contributed by atoms with Crippen molar-refractivity contribution in [2.24, 2.45) is 21.1 Å². The third-order valence-corrected chi connectivity index (χ3v) is 7.80. The molecule has 1 radical (unpaired) electrons. The second-order valence-electron chi connectivity index (χ2n) is 4.98. The van der Waals surface area contributed by atoms with Crippen LogP contribution in [0.4, 0.5) is 0 Å². The predicted octanol–water partition coefficient (Wildman–Crippen LogP) is 2.22. The number of hydrogen-bond donors (Lipinski definition) is 0. The van der Waals surface area contributed by atoms with Crippen LogP contribution < -0.4 is 0 Å². The highest BCUT2D eigenvalue weighted by atomic mass is 32.1. The molecular weight excluding hydrogens is 352 g/mol. The Morgan fingerprint density at radius 3 is 1.05 bits per heavy atom. The average molecular weight is 368 g/mol. The quantitative estimate of drug-likeness (QED) is 0.525. The molecule has 115 valence electrons. The SMILES string of the molecule is Cn1ccn([Si](n2ccn(C)c2=S)n2ccn(C)c2=S)c1=S. The van der Waals surface area contributed by atoms with Gasteiger partial charge in [0.05, 0.1) is 0 Å². The molecule has 0 aromatic carbocycles. The molecule has 3 rings (SSSR count). The molecule has 0 amide bonds. The van der Waals surface area contributed by atoms with Gasteiger partial charge < -0.3 is 26.4 Å². The average Bonchev–Trinajstić information content (AvgIpc) is 3.10. The molecule has 0 bridgehead atoms. The zero-order chi connectivity index (χ0) is 16.0. The number of aryl methyl sites for hydroxylation is 3. The molecule has 0 aliphatic carbocycles. The van der Waals surface area contributed by atoms with Crippen molar-refractivity contribution in [3.8, 4) is 0 Å². The van der Waals surface area contributed by atoms with Crippen molar-refractivity contribution in [2.75, 3.05) is 0 Å². The second kappa shape index (κ2) is 5.61. The molecular formula is C12H15N6S3Si. The Bertz CT molecular complexity index is 868. The molecule has 10 heteroatoms. The Hall–Kier alpha value is -1.49. The molecule has 3 aromatic rings. The Labute approximate surface area is 144 Å². The molecule has 0 aliphatic rings. The molecule has 0 saturated carbocycles. The van der Waals surface area contributed by atoms with Gasteiger partial charge in [-0.15, -0.1) is 0 Å². The minimum absolute atomic E-state index is 0.741. The van der Waals surface area contributed by atoms with Crippen LogP contribution in [0.3, 0.4) is 0 Å². The van der Waals surface area contributed by atoms with Crippen molar-refractivity contribution in [3.05, 3.63) is 51.5 Å². The highest BCUT2D eigenvalue weighted by Gasteiger charge is 2.25. The molecule has 0 unspecified atom stereocenters. The number of hydrogen-bond acceptors (Lipinski definition) is 3. The maximum atomic E-state index is 5.55. The van der Waals surface area contributed by atoms with Crippen LogP contribution in [0, 0.1) is 14.3 Å². The first-order chi connectivity index (χ1) is 10.4. The van der Waals surface area contributed by atoms with Gasteiger partial charge in [0.15, 0.2) is 14.3 Å². The van der Waals surface area contributed by atoms with E-state index in [2.05, 4.69) is 12.7 Å². The smallest absolute Gasteiger partial charge is 0.327 e. The fourth-order valence-corrected chi connectivity index (χ4v) is 5.58. The molecule has 0 aliphatic heterocycles. The van der Waals surface area contributed by atoms with Crippen LogP contribution in [0.1, 0.15) is 0 Å². The number of imidazole rings is 3. The summed E-state index contributed by atoms with van der Waals surface area (Å²) < 4.78 is 14.2. The van der Waals surface area contributed by atoms with E-state index in [9.17, 15) is 0 Å². The van der Waals surface area contributed by atoms with Crippen molar-refractivity contribution in [1.82, 2.24) is 26.4 Å². The first-order valence-corrected chi connectivity index (χ1v) is 9.08. The summed E-state index contributed by atoms with van der Waals surface area (Å²) in [4.78, 5) is 0. The van der Waals surface area contributed by atoms with Gasteiger partial charge in [0, 0.05) is 58.3 Å². The molecule has 3 heterocycles. The lowest BCUT2D eigenvalue weighted by Gasteiger charge is -2.17. The normalized spacial score (nSPS) is 11.5. The zero-order valence-electron chi connectivity index (χ0n) is 12.4. The Morgan fingerprint density at radius 1 is 0.591 bits per heavy atom. The summed E-state index contributed by atoms with van der Waals surface area (Å²) in [5.41, 5.74) is 0. The van der Waals surface area contributed by atoms with Crippen LogP contribution in [0.15, 0.2) is 37.2 Å². The van der Waals surface area contributed by atoms with Crippen molar-refractivity contribution < 1.29 is 0 Å². The minimum atomic E-state index is -1.53. The summed E-state index contributed by atoms with van der Waals surface area (Å²) in [5.74, 6) is 0. The van der Waals surface area contributed by atoms with Gasteiger partial charge >= 0.3 is 9.28 Å². The third-order valence-electron chi connectivity index (χ3n) is 3.49. The van der Waals surface area contributed by atoms with E-state index < -0.39 is 9.28 Å². The summed E-state index contributed by atoms with van der Waals surface area (Å²) in [6, 6.07) is 0. The van der Waals surface area contributed by atoms with Gasteiger partial charge in [-0.1, -0.05) is 0 Å². The Kier molecular flexibility index (Phi) is 3.93. The summed E-state index contributed by atoms with van der Waals surface area (Å²) in [7, 11) is 4.28. The number of aromatic nitrogens is 6. The monoisotopic (exact) mass is 367 g/mol. The van der Waals surface area contributed by atoms with Crippen molar-refractivity contribution in [1.29, 1.82) is 0 Å². The van der Waals surface area contributed by atoms with Gasteiger partial charge in [-0.05, 0) is 36.7 Å². The molecule has 0 saturated heterocycles. The second-order valence-corrected chi connectivity index (χ2v) is 8.13. The highest BCUT2D eigenvalue weighted by molar-refractivity contribution is 7.71. The van der Waals surface area contributed by atoms with Crippen LogP contribution in [0.5, 0.6) is 0 Å². The predicted molar refractivity (Wildman–Crippen MR) is 94.7 cm³/mol. The Balaban J connectivity index is 2.33. The molecule has 0 fully saturated rings. The summed E-state index contributed by atoms with van der Waals surface area (Å²) >= 11 is 16.6. The molecule has 0 atom stereocenters. The topological polar surface area (TPSA) is 29.6 Å². The van der Waals surface area contributed by atoms with Gasteiger partial charge in [0.2, 0.25) is 0 Å². The van der Waals surface area contributed by atoms with E-state index in [1.165, 1.54) is 0 Å². The van der Waals surface area contributed by atoms with Crippen LogP contribution in [-0.4, -0.2) is 35.7 Å². The fourth-order valence-electron chi connectivity index (χ4n) is 2.20. The van der Waals surface area contributed by atoms with Crippen molar-refractivity contribution in [3.63, 3.8) is 0 Å². The van der Waals surface area contributed by atoms with E-state index in [4.69, 9.17) is 36.7 Å². The van der Waals surface area contributed by atoms with Gasteiger partial charge in [0.1, 0.15) is 0 Å². The maximum absolute atomic E-state index is 5.55. The third kappa shape index (κ3) is 2.31. The van der Waals surface area contributed by atoms with Gasteiger partial charge in [-0.25, -0.2) is 0 Å². The van der Waals surface area contributed by atoms with Crippen molar-refractivity contribution >= 4 is 45.9 Å². The molecule has 0 spiro atoms. The van der Waals surface area contributed by atoms with Gasteiger partial charge in [0.25, 0.3) is 0 Å². The van der Waals surface area contributed by atoms with E-state index in [1.54, 1.807) is 0 Å². The van der Waals surface area contributed by atoms with E-state index in [0.29, 0.717) is 0 Å². The van der Waals surface area contributed by atoms with E-state index >= 15 is 0 Å².